The lowest BCUT2D eigenvalue weighted by atomic mass is 10.0. The van der Waals surface area contributed by atoms with E-state index in [9.17, 15) is 0 Å². The molecule has 0 heterocycles. The Balaban J connectivity index is 2.39. The summed E-state index contributed by atoms with van der Waals surface area (Å²) < 4.78 is 5.81. The van der Waals surface area contributed by atoms with Gasteiger partial charge in [0.25, 0.3) is 0 Å². The van der Waals surface area contributed by atoms with Gasteiger partial charge in [-0.15, -0.1) is 0 Å². The van der Waals surface area contributed by atoms with Gasteiger partial charge in [0.15, 0.2) is 0 Å². The molecule has 2 nitrogen and oxygen atoms in total. The summed E-state index contributed by atoms with van der Waals surface area (Å²) in [5.74, 6) is 1.57. The first-order chi connectivity index (χ1) is 8.80. The Hall–Kier alpha value is -1.49. The van der Waals surface area contributed by atoms with Gasteiger partial charge in [0.2, 0.25) is 0 Å². The third-order valence-electron chi connectivity index (χ3n) is 3.24. The monoisotopic (exact) mass is 245 g/mol. The highest BCUT2D eigenvalue weighted by atomic mass is 16.5. The highest BCUT2D eigenvalue weighted by Crippen LogP contribution is 2.17. The fraction of sp³-hybridized carbons (Fsp3) is 0.562. The molecule has 0 saturated heterocycles. The number of hydrogen-bond donors (Lipinski definition) is 0. The molecule has 0 spiro atoms. The molecule has 1 aromatic carbocycles. The molecule has 1 rings (SSSR count). The van der Waals surface area contributed by atoms with Gasteiger partial charge < -0.3 is 4.74 Å². The van der Waals surface area contributed by atoms with Gasteiger partial charge in [-0.25, -0.2) is 0 Å². The van der Waals surface area contributed by atoms with E-state index in [2.05, 4.69) is 19.9 Å². The number of nitriles is 1. The maximum atomic E-state index is 8.60. The molecule has 1 atom stereocenters. The van der Waals surface area contributed by atoms with Gasteiger partial charge in [-0.3, -0.25) is 0 Å². The summed E-state index contributed by atoms with van der Waals surface area (Å²) in [5.41, 5.74) is 1.04. The molecule has 0 saturated carbocycles. The van der Waals surface area contributed by atoms with Crippen LogP contribution in [0, 0.1) is 17.2 Å². The second-order valence-corrected chi connectivity index (χ2v) is 4.71. The quantitative estimate of drug-likeness (QED) is 0.682. The first kappa shape index (κ1) is 14.6. The van der Waals surface area contributed by atoms with E-state index in [0.29, 0.717) is 12.3 Å². The normalized spacial score (nSPS) is 11.8. The second-order valence-electron chi connectivity index (χ2n) is 4.71. The first-order valence-corrected chi connectivity index (χ1v) is 6.88. The van der Waals surface area contributed by atoms with Crippen molar-refractivity contribution in [1.29, 1.82) is 5.26 Å². The van der Waals surface area contributed by atoms with E-state index >= 15 is 0 Å². The lowest BCUT2D eigenvalue weighted by Crippen LogP contribution is -2.11. The van der Waals surface area contributed by atoms with E-state index in [0.717, 1.165) is 17.9 Å². The fourth-order valence-electron chi connectivity index (χ4n) is 1.91. The molecule has 0 aromatic heterocycles. The predicted octanol–water partition coefficient (Wildman–Crippen LogP) is 4.35. The molecular weight excluding hydrogens is 222 g/mol. The molecule has 0 aliphatic carbocycles. The summed E-state index contributed by atoms with van der Waals surface area (Å²) in [4.78, 5) is 0. The van der Waals surface area contributed by atoms with Crippen LogP contribution in [0.3, 0.4) is 0 Å². The zero-order valence-electron chi connectivity index (χ0n) is 11.5. The van der Waals surface area contributed by atoms with Crippen molar-refractivity contribution in [3.63, 3.8) is 0 Å². The molecule has 0 aliphatic rings. The van der Waals surface area contributed by atoms with Crippen LogP contribution in [0.4, 0.5) is 0 Å². The van der Waals surface area contributed by atoms with Crippen molar-refractivity contribution in [3.05, 3.63) is 29.8 Å². The van der Waals surface area contributed by atoms with Gasteiger partial charge in [0.1, 0.15) is 5.75 Å². The Bertz CT molecular complexity index is 364. The number of hydrogen-bond acceptors (Lipinski definition) is 2. The van der Waals surface area contributed by atoms with Crippen LogP contribution in [0.5, 0.6) is 5.75 Å². The Morgan fingerprint density at radius 3 is 2.50 bits per heavy atom. The summed E-state index contributed by atoms with van der Waals surface area (Å²) in [7, 11) is 0. The maximum absolute atomic E-state index is 8.60. The molecule has 0 bridgehead atoms. The average molecular weight is 245 g/mol. The topological polar surface area (TPSA) is 33.0 Å². The van der Waals surface area contributed by atoms with E-state index in [1.165, 1.54) is 25.7 Å². The van der Waals surface area contributed by atoms with Crippen LogP contribution in [0.2, 0.25) is 0 Å². The SMILES string of the molecule is CCCCC(CC)COc1ccc(CC#N)cc1. The zero-order valence-corrected chi connectivity index (χ0v) is 11.5. The van der Waals surface area contributed by atoms with E-state index in [1.807, 2.05) is 24.3 Å². The van der Waals surface area contributed by atoms with Gasteiger partial charge >= 0.3 is 0 Å². The minimum absolute atomic E-state index is 0.467. The van der Waals surface area contributed by atoms with Crippen LogP contribution in [-0.4, -0.2) is 6.61 Å². The van der Waals surface area contributed by atoms with Crippen LogP contribution < -0.4 is 4.74 Å². The van der Waals surface area contributed by atoms with Crippen molar-refractivity contribution in [2.75, 3.05) is 6.61 Å². The Morgan fingerprint density at radius 1 is 1.22 bits per heavy atom. The number of unbranched alkanes of at least 4 members (excludes halogenated alkanes) is 1. The molecule has 0 N–H and O–H groups in total. The van der Waals surface area contributed by atoms with Crippen LogP contribution in [0.25, 0.3) is 0 Å². The lowest BCUT2D eigenvalue weighted by Gasteiger charge is -2.15. The number of nitrogens with zero attached hydrogens (tertiary/aromatic N) is 1. The number of ether oxygens (including phenoxy) is 1. The van der Waals surface area contributed by atoms with Crippen molar-refractivity contribution < 1.29 is 4.74 Å². The first-order valence-electron chi connectivity index (χ1n) is 6.88. The fourth-order valence-corrected chi connectivity index (χ4v) is 1.91. The molecule has 0 amide bonds. The van der Waals surface area contributed by atoms with E-state index in [1.54, 1.807) is 0 Å². The van der Waals surface area contributed by atoms with Gasteiger partial charge in [0, 0.05) is 0 Å². The van der Waals surface area contributed by atoms with E-state index in [4.69, 9.17) is 10.00 Å². The molecule has 0 fully saturated rings. The minimum Gasteiger partial charge on any atom is -0.493 e. The third kappa shape index (κ3) is 5.23. The summed E-state index contributed by atoms with van der Waals surface area (Å²) in [5, 5.41) is 8.60. The molecule has 0 aliphatic heterocycles. The van der Waals surface area contributed by atoms with Crippen LogP contribution >= 0.6 is 0 Å². The molecule has 98 valence electrons. The van der Waals surface area contributed by atoms with Gasteiger partial charge in [0.05, 0.1) is 19.1 Å². The lowest BCUT2D eigenvalue weighted by molar-refractivity contribution is 0.233. The van der Waals surface area contributed by atoms with E-state index < -0.39 is 0 Å². The van der Waals surface area contributed by atoms with Crippen LogP contribution in [0.1, 0.15) is 45.1 Å². The summed E-state index contributed by atoms with van der Waals surface area (Å²) in [6, 6.07) is 9.99. The van der Waals surface area contributed by atoms with Crippen molar-refractivity contribution in [1.82, 2.24) is 0 Å². The number of rotatable bonds is 8. The van der Waals surface area contributed by atoms with Crippen molar-refractivity contribution in [3.8, 4) is 11.8 Å². The Morgan fingerprint density at radius 2 is 1.94 bits per heavy atom. The standard InChI is InChI=1S/C16H23NO/c1-3-5-6-14(4-2)13-18-16-9-7-15(8-10-16)11-12-17/h7-10,14H,3-6,11,13H2,1-2H3. The highest BCUT2D eigenvalue weighted by molar-refractivity contribution is 5.28. The summed E-state index contributed by atoms with van der Waals surface area (Å²) >= 11 is 0. The molecule has 0 radical (unpaired) electrons. The zero-order chi connectivity index (χ0) is 13.2. The van der Waals surface area contributed by atoms with Gasteiger partial charge in [-0.1, -0.05) is 45.2 Å². The molecule has 18 heavy (non-hydrogen) atoms. The third-order valence-corrected chi connectivity index (χ3v) is 3.24. The highest BCUT2D eigenvalue weighted by Gasteiger charge is 2.06. The molecular formula is C16H23NO. The van der Waals surface area contributed by atoms with Gasteiger partial charge in [-0.05, 0) is 30.0 Å². The largest absolute Gasteiger partial charge is 0.493 e. The smallest absolute Gasteiger partial charge is 0.119 e. The average Bonchev–Trinajstić information content (AvgIpc) is 2.41. The van der Waals surface area contributed by atoms with Crippen LogP contribution in [0.15, 0.2) is 24.3 Å². The Kier molecular flexibility index (Phi) is 6.94. The molecule has 1 aromatic rings. The van der Waals surface area contributed by atoms with Gasteiger partial charge in [-0.2, -0.15) is 5.26 Å². The second kappa shape index (κ2) is 8.58. The summed E-state index contributed by atoms with van der Waals surface area (Å²) in [6.45, 7) is 5.25. The molecule has 1 unspecified atom stereocenters. The van der Waals surface area contributed by atoms with Crippen LogP contribution in [-0.2, 0) is 6.42 Å². The van der Waals surface area contributed by atoms with E-state index in [-0.39, 0.29) is 0 Å². The molecule has 2 heteroatoms. The maximum Gasteiger partial charge on any atom is 0.119 e. The minimum atomic E-state index is 0.467. The van der Waals surface area contributed by atoms with Crippen molar-refractivity contribution in [2.45, 2.75) is 46.0 Å². The van der Waals surface area contributed by atoms with Crippen molar-refractivity contribution >= 4 is 0 Å². The predicted molar refractivity (Wildman–Crippen MR) is 74.6 cm³/mol. The number of benzene rings is 1. The van der Waals surface area contributed by atoms with Crippen molar-refractivity contribution in [2.24, 2.45) is 5.92 Å². The summed E-state index contributed by atoms with van der Waals surface area (Å²) in [6.07, 6.45) is 5.42. The Labute approximate surface area is 111 Å².